The summed E-state index contributed by atoms with van der Waals surface area (Å²) in [4.78, 5) is 27.1. The number of aliphatic hydroxyl groups is 1. The van der Waals surface area contributed by atoms with Gasteiger partial charge < -0.3 is 20.1 Å². The van der Waals surface area contributed by atoms with Crippen LogP contribution in [0, 0.1) is 16.7 Å². The van der Waals surface area contributed by atoms with Crippen LogP contribution in [-0.4, -0.2) is 60.3 Å². The molecule has 2 N–H and O–H groups in total. The minimum atomic E-state index is -0.671. The Kier molecular flexibility index (Phi) is 6.12. The Morgan fingerprint density at radius 3 is 2.46 bits per heavy atom. The van der Waals surface area contributed by atoms with Gasteiger partial charge in [0.1, 0.15) is 6.61 Å². The van der Waals surface area contributed by atoms with Crippen LogP contribution in [0.3, 0.4) is 0 Å². The molecule has 0 radical (unpaired) electrons. The molecule has 2 amide bonds. The Balaban J connectivity index is 1.82. The van der Waals surface area contributed by atoms with Gasteiger partial charge in [-0.05, 0) is 68.6 Å². The Hall–Kier alpha value is -1.14. The smallest absolute Gasteiger partial charge is 0.246 e. The highest BCUT2D eigenvalue weighted by molar-refractivity contribution is 5.78. The molecule has 0 aromatic carbocycles. The fourth-order valence-corrected chi connectivity index (χ4v) is 6.26. The van der Waals surface area contributed by atoms with E-state index in [4.69, 9.17) is 4.74 Å². The van der Waals surface area contributed by atoms with Gasteiger partial charge in [0.25, 0.3) is 0 Å². The summed E-state index contributed by atoms with van der Waals surface area (Å²) in [6.07, 6.45) is 6.69. The van der Waals surface area contributed by atoms with Crippen LogP contribution in [0.1, 0.15) is 72.1 Å². The van der Waals surface area contributed by atoms with Gasteiger partial charge in [-0.3, -0.25) is 9.59 Å². The zero-order chi connectivity index (χ0) is 20.6. The van der Waals surface area contributed by atoms with Crippen molar-refractivity contribution < 1.29 is 19.4 Å². The molecule has 1 heterocycles. The topological polar surface area (TPSA) is 78.9 Å². The number of nitrogens with zero attached hydrogens (tertiary/aromatic N) is 1. The van der Waals surface area contributed by atoms with Gasteiger partial charge >= 0.3 is 0 Å². The molecule has 4 unspecified atom stereocenters. The Morgan fingerprint density at radius 2 is 1.82 bits per heavy atom. The van der Waals surface area contributed by atoms with E-state index in [0.29, 0.717) is 12.8 Å². The molecular formula is C22H38N2O4. The number of carbonyl (C=O) groups excluding carboxylic acids is 2. The third-order valence-corrected chi connectivity index (χ3v) is 7.71. The molecule has 2 saturated carbocycles. The molecule has 160 valence electrons. The summed E-state index contributed by atoms with van der Waals surface area (Å²) in [5, 5.41) is 14.0. The average Bonchev–Trinajstić information content (AvgIpc) is 3.20. The van der Waals surface area contributed by atoms with E-state index < -0.39 is 5.60 Å². The number of amides is 2. The van der Waals surface area contributed by atoms with Crippen LogP contribution in [0.25, 0.3) is 0 Å². The number of rotatable bonds is 6. The molecule has 0 aromatic rings. The second-order valence-electron chi connectivity index (χ2n) is 10.3. The van der Waals surface area contributed by atoms with Crippen molar-refractivity contribution in [1.29, 1.82) is 0 Å². The number of carbonyl (C=O) groups is 2. The van der Waals surface area contributed by atoms with E-state index in [0.717, 1.165) is 51.6 Å². The van der Waals surface area contributed by atoms with E-state index in [9.17, 15) is 14.7 Å². The number of hydrogen-bond acceptors (Lipinski definition) is 4. The first-order chi connectivity index (χ1) is 13.1. The van der Waals surface area contributed by atoms with E-state index in [2.05, 4.69) is 19.2 Å². The predicted octanol–water partition coefficient (Wildman–Crippen LogP) is 2.49. The molecule has 3 aliphatic rings. The van der Waals surface area contributed by atoms with Gasteiger partial charge in [-0.15, -0.1) is 0 Å². The van der Waals surface area contributed by atoms with Crippen molar-refractivity contribution in [2.45, 2.75) is 83.8 Å². The zero-order valence-corrected chi connectivity index (χ0v) is 18.1. The molecular weight excluding hydrogens is 356 g/mol. The Labute approximate surface area is 169 Å². The fraction of sp³-hybridized carbons (Fsp3) is 0.909. The van der Waals surface area contributed by atoms with Crippen LogP contribution in [0.4, 0.5) is 0 Å². The third-order valence-electron chi connectivity index (χ3n) is 7.71. The SMILES string of the molecule is COCC(=O)NC1CC(C)(C)C2CC(C)(O)CCC12CCC(=O)N1CCCC1. The lowest BCUT2D eigenvalue weighted by atomic mass is 9.57. The number of hydrogen-bond donors (Lipinski definition) is 2. The van der Waals surface area contributed by atoms with Crippen molar-refractivity contribution in [3.63, 3.8) is 0 Å². The molecule has 2 aliphatic carbocycles. The standard InChI is InChI=1S/C22H38N2O4/c1-20(2)14-17(23-18(25)15-28-4)22(10-9-21(3,27)13-16(20)22)8-7-19(26)24-11-5-6-12-24/h16-17,27H,5-15H2,1-4H3,(H,23,25). The first-order valence-electron chi connectivity index (χ1n) is 10.9. The highest BCUT2D eigenvalue weighted by atomic mass is 16.5. The maximum absolute atomic E-state index is 12.8. The molecule has 0 bridgehead atoms. The van der Waals surface area contributed by atoms with Crippen molar-refractivity contribution in [3.05, 3.63) is 0 Å². The molecule has 1 aliphatic heterocycles. The monoisotopic (exact) mass is 394 g/mol. The maximum Gasteiger partial charge on any atom is 0.246 e. The molecule has 0 spiro atoms. The van der Waals surface area contributed by atoms with E-state index in [-0.39, 0.29) is 41.2 Å². The van der Waals surface area contributed by atoms with Gasteiger partial charge in [0.2, 0.25) is 11.8 Å². The van der Waals surface area contributed by atoms with Crippen LogP contribution in [0.2, 0.25) is 0 Å². The number of ether oxygens (including phenoxy) is 1. The number of nitrogens with one attached hydrogen (secondary N) is 1. The summed E-state index contributed by atoms with van der Waals surface area (Å²) in [6, 6.07) is 0.0256. The predicted molar refractivity (Wildman–Crippen MR) is 108 cm³/mol. The normalized spacial score (nSPS) is 37.0. The summed E-state index contributed by atoms with van der Waals surface area (Å²) >= 11 is 0. The van der Waals surface area contributed by atoms with Gasteiger partial charge in [0.05, 0.1) is 5.60 Å². The first kappa shape index (κ1) is 21.6. The van der Waals surface area contributed by atoms with E-state index in [1.165, 1.54) is 7.11 Å². The summed E-state index contributed by atoms with van der Waals surface area (Å²) in [6.45, 7) is 8.24. The van der Waals surface area contributed by atoms with Gasteiger partial charge in [0, 0.05) is 32.7 Å². The van der Waals surface area contributed by atoms with E-state index >= 15 is 0 Å². The summed E-state index contributed by atoms with van der Waals surface area (Å²) < 4.78 is 5.02. The first-order valence-corrected chi connectivity index (χ1v) is 10.9. The van der Waals surface area contributed by atoms with Crippen molar-refractivity contribution in [3.8, 4) is 0 Å². The minimum Gasteiger partial charge on any atom is -0.390 e. The van der Waals surface area contributed by atoms with Crippen LogP contribution in [-0.2, 0) is 14.3 Å². The molecule has 3 fully saturated rings. The third kappa shape index (κ3) is 4.23. The Bertz CT molecular complexity index is 597. The van der Waals surface area contributed by atoms with E-state index in [1.54, 1.807) is 0 Å². The molecule has 3 rings (SSSR count). The summed E-state index contributed by atoms with van der Waals surface area (Å²) in [5.74, 6) is 0.434. The number of methoxy groups -OCH3 is 1. The highest BCUT2D eigenvalue weighted by Crippen LogP contribution is 2.63. The second-order valence-corrected chi connectivity index (χ2v) is 10.3. The lowest BCUT2D eigenvalue weighted by molar-refractivity contribution is -0.132. The number of fused-ring (bicyclic) bond motifs is 1. The van der Waals surface area contributed by atoms with Crippen molar-refractivity contribution in [2.75, 3.05) is 26.8 Å². The molecule has 4 atom stereocenters. The van der Waals surface area contributed by atoms with Gasteiger partial charge in [-0.2, -0.15) is 0 Å². The van der Waals surface area contributed by atoms with Crippen LogP contribution >= 0.6 is 0 Å². The largest absolute Gasteiger partial charge is 0.390 e. The van der Waals surface area contributed by atoms with Crippen LogP contribution in [0.15, 0.2) is 0 Å². The van der Waals surface area contributed by atoms with E-state index in [1.807, 2.05) is 11.8 Å². The molecule has 6 heteroatoms. The fourth-order valence-electron chi connectivity index (χ4n) is 6.26. The summed E-state index contributed by atoms with van der Waals surface area (Å²) in [5.41, 5.74) is -0.799. The summed E-state index contributed by atoms with van der Waals surface area (Å²) in [7, 11) is 1.53. The van der Waals surface area contributed by atoms with Crippen LogP contribution in [0.5, 0.6) is 0 Å². The quantitative estimate of drug-likeness (QED) is 0.725. The van der Waals surface area contributed by atoms with Gasteiger partial charge in [-0.25, -0.2) is 0 Å². The maximum atomic E-state index is 12.8. The zero-order valence-electron chi connectivity index (χ0n) is 18.1. The van der Waals surface area contributed by atoms with Crippen molar-refractivity contribution >= 4 is 11.8 Å². The van der Waals surface area contributed by atoms with Crippen molar-refractivity contribution in [2.24, 2.45) is 16.7 Å². The lowest BCUT2D eigenvalue weighted by Gasteiger charge is -2.51. The lowest BCUT2D eigenvalue weighted by Crippen LogP contribution is -2.53. The molecule has 28 heavy (non-hydrogen) atoms. The van der Waals surface area contributed by atoms with Crippen LogP contribution < -0.4 is 5.32 Å². The molecule has 1 saturated heterocycles. The highest BCUT2D eigenvalue weighted by Gasteiger charge is 2.61. The second kappa shape index (κ2) is 7.94. The number of likely N-dealkylation sites (tertiary alicyclic amines) is 1. The Morgan fingerprint density at radius 1 is 1.14 bits per heavy atom. The van der Waals surface area contributed by atoms with Crippen molar-refractivity contribution in [1.82, 2.24) is 10.2 Å². The molecule has 6 nitrogen and oxygen atoms in total. The molecule has 0 aromatic heterocycles. The van der Waals surface area contributed by atoms with Gasteiger partial charge in [0.15, 0.2) is 0 Å². The minimum absolute atomic E-state index is 0.00607. The van der Waals surface area contributed by atoms with Gasteiger partial charge in [-0.1, -0.05) is 13.8 Å². The average molecular weight is 395 g/mol.